The number of sulfonamides is 1. The number of nitrogens with one attached hydrogen (secondary N) is 1. The van der Waals surface area contributed by atoms with Crippen LogP contribution in [-0.2, 0) is 29.8 Å². The van der Waals surface area contributed by atoms with Gasteiger partial charge in [0.2, 0.25) is 15.6 Å². The highest BCUT2D eigenvalue weighted by atomic mass is 79.9. The number of carbonyl (C=O) groups is 1. The largest absolute Gasteiger partial charge is 0.464 e. The minimum atomic E-state index is -4.99. The van der Waals surface area contributed by atoms with Crippen molar-refractivity contribution in [2.24, 2.45) is 0 Å². The van der Waals surface area contributed by atoms with E-state index in [9.17, 15) is 40.9 Å². The number of carbonyl (C=O) groups excluding carboxylic acids is 1. The van der Waals surface area contributed by atoms with Crippen molar-refractivity contribution in [1.82, 2.24) is 4.72 Å². The normalized spacial score (nSPS) is 13.7. The van der Waals surface area contributed by atoms with Crippen LogP contribution < -0.4 is 4.72 Å². The highest BCUT2D eigenvalue weighted by Crippen LogP contribution is 2.33. The topological polar surface area (TPSA) is 125 Å². The van der Waals surface area contributed by atoms with Gasteiger partial charge in [0.25, 0.3) is 5.69 Å². The lowest BCUT2D eigenvalue weighted by Gasteiger charge is -2.36. The van der Waals surface area contributed by atoms with Crippen molar-refractivity contribution < 1.29 is 45.2 Å². The Kier molecular flexibility index (Phi) is 9.93. The maximum atomic E-state index is 14.9. The molecular formula is C21H21BrF4N2O7S. The Balaban J connectivity index is 2.68. The molecule has 36 heavy (non-hydrogen) atoms. The number of hydrogen-bond acceptors (Lipinski definition) is 7. The second-order valence-electron chi connectivity index (χ2n) is 7.44. The van der Waals surface area contributed by atoms with E-state index < -0.39 is 80.7 Å². The predicted octanol–water partition coefficient (Wildman–Crippen LogP) is 3.90. The zero-order valence-corrected chi connectivity index (χ0v) is 21.1. The predicted molar refractivity (Wildman–Crippen MR) is 122 cm³/mol. The van der Waals surface area contributed by atoms with E-state index in [0.717, 1.165) is 30.3 Å². The number of esters is 1. The van der Waals surface area contributed by atoms with Gasteiger partial charge < -0.3 is 9.47 Å². The molecule has 0 fully saturated rings. The molecular weight excluding hydrogens is 580 g/mol. The van der Waals surface area contributed by atoms with Crippen molar-refractivity contribution in [2.45, 2.75) is 23.0 Å². The summed E-state index contributed by atoms with van der Waals surface area (Å²) >= 11 is 3.04. The number of nitro groups is 1. The lowest BCUT2D eigenvalue weighted by atomic mass is 9.92. The van der Waals surface area contributed by atoms with Gasteiger partial charge in [0.05, 0.1) is 18.1 Å². The maximum absolute atomic E-state index is 14.9. The first-order valence-corrected chi connectivity index (χ1v) is 12.4. The number of para-hydroxylation sites is 1. The summed E-state index contributed by atoms with van der Waals surface area (Å²) < 4.78 is 95.3. The Morgan fingerprint density at radius 3 is 2.33 bits per heavy atom. The molecule has 2 aromatic carbocycles. The van der Waals surface area contributed by atoms with Crippen LogP contribution in [0.3, 0.4) is 0 Å². The molecule has 2 rings (SSSR count). The van der Waals surface area contributed by atoms with Crippen LogP contribution in [0.15, 0.2) is 51.8 Å². The van der Waals surface area contributed by atoms with Gasteiger partial charge in [0.15, 0.2) is 4.90 Å². The van der Waals surface area contributed by atoms with Crippen LogP contribution in [0, 0.1) is 15.9 Å². The number of rotatable bonds is 13. The molecule has 1 N–H and O–H groups in total. The van der Waals surface area contributed by atoms with Crippen LogP contribution in [-0.4, -0.2) is 58.1 Å². The molecule has 198 valence electrons. The number of halogens is 5. The van der Waals surface area contributed by atoms with Gasteiger partial charge in [-0.25, -0.2) is 30.8 Å². The van der Waals surface area contributed by atoms with Gasteiger partial charge in [0.1, 0.15) is 31.4 Å². The Hall–Kier alpha value is -2.62. The lowest BCUT2D eigenvalue weighted by molar-refractivity contribution is -0.387. The van der Waals surface area contributed by atoms with Gasteiger partial charge in [-0.3, -0.25) is 10.1 Å². The molecule has 1 atom stereocenters. The smallest absolute Gasteiger partial charge is 0.343 e. The minimum absolute atomic E-state index is 0.161. The fraction of sp³-hybridized carbons (Fsp3) is 0.381. The number of nitrogens with zero attached hydrogens (tertiary/aromatic N) is 1. The fourth-order valence-electron chi connectivity index (χ4n) is 3.12. The highest BCUT2D eigenvalue weighted by Gasteiger charge is 2.48. The quantitative estimate of drug-likeness (QED) is 0.160. The average molecular weight is 601 g/mol. The summed E-state index contributed by atoms with van der Waals surface area (Å²) in [5.74, 6) is -2.63. The van der Waals surface area contributed by atoms with Gasteiger partial charge >= 0.3 is 5.97 Å². The molecule has 2 aromatic rings. The SMILES string of the molecule is CCOC(=O)C(CF)(CF)OC[C@](CF)(NS(=O)(=O)c1ccccc1[N+](=O)[O-])c1cc(Br)ccc1F. The van der Waals surface area contributed by atoms with Crippen LogP contribution in [0.4, 0.5) is 23.2 Å². The Morgan fingerprint density at radius 2 is 1.78 bits per heavy atom. The molecule has 0 bridgehead atoms. The van der Waals surface area contributed by atoms with Crippen LogP contribution in [0.2, 0.25) is 0 Å². The van der Waals surface area contributed by atoms with Crippen LogP contribution in [0.1, 0.15) is 12.5 Å². The van der Waals surface area contributed by atoms with E-state index in [-0.39, 0.29) is 11.1 Å². The van der Waals surface area contributed by atoms with Crippen molar-refractivity contribution in [1.29, 1.82) is 0 Å². The summed E-state index contributed by atoms with van der Waals surface area (Å²) in [6.07, 6.45) is 0. The monoisotopic (exact) mass is 600 g/mol. The summed E-state index contributed by atoms with van der Waals surface area (Å²) in [6, 6.07) is 7.13. The number of nitro benzene ring substituents is 1. The summed E-state index contributed by atoms with van der Waals surface area (Å²) in [5.41, 5.74) is -7.17. The van der Waals surface area contributed by atoms with Crippen molar-refractivity contribution in [3.8, 4) is 0 Å². The van der Waals surface area contributed by atoms with Gasteiger partial charge in [-0.1, -0.05) is 28.1 Å². The molecule has 0 heterocycles. The van der Waals surface area contributed by atoms with E-state index in [2.05, 4.69) is 20.7 Å². The Labute approximate surface area is 212 Å². The molecule has 0 amide bonds. The molecule has 0 aliphatic carbocycles. The maximum Gasteiger partial charge on any atom is 0.343 e. The molecule has 0 unspecified atom stereocenters. The van der Waals surface area contributed by atoms with Gasteiger partial charge in [-0.05, 0) is 31.2 Å². The van der Waals surface area contributed by atoms with E-state index in [1.807, 2.05) is 4.72 Å². The molecule has 0 aromatic heterocycles. The molecule has 0 spiro atoms. The molecule has 0 saturated carbocycles. The Morgan fingerprint density at radius 1 is 1.14 bits per heavy atom. The molecule has 15 heteroatoms. The van der Waals surface area contributed by atoms with Crippen LogP contribution in [0.25, 0.3) is 0 Å². The number of alkyl halides is 3. The zero-order valence-electron chi connectivity index (χ0n) is 18.7. The standard InChI is InChI=1S/C21H21BrF4N2O7S/c1-2-34-19(29)21(11-24,12-25)35-13-20(10-23,15-9-14(22)7-8-16(15)26)27-36(32,33)18-6-4-3-5-17(18)28(30)31/h3-9,27H,2,10-13H2,1H3/t20-/m0/s1. The third-order valence-corrected chi connectivity index (χ3v) is 7.10. The molecule has 0 radical (unpaired) electrons. The second kappa shape index (κ2) is 12.1. The van der Waals surface area contributed by atoms with Gasteiger partial charge in [-0.15, -0.1) is 0 Å². The van der Waals surface area contributed by atoms with Crippen molar-refractivity contribution >= 4 is 37.6 Å². The summed E-state index contributed by atoms with van der Waals surface area (Å²) in [5, 5.41) is 11.4. The lowest BCUT2D eigenvalue weighted by Crippen LogP contribution is -2.56. The van der Waals surface area contributed by atoms with Crippen molar-refractivity contribution in [3.05, 3.63) is 68.4 Å². The molecule has 9 nitrogen and oxygen atoms in total. The minimum Gasteiger partial charge on any atom is -0.464 e. The number of hydrogen-bond donors (Lipinski definition) is 1. The number of ether oxygens (including phenoxy) is 2. The zero-order chi connectivity index (χ0) is 27.1. The average Bonchev–Trinajstić information content (AvgIpc) is 2.85. The Bertz CT molecular complexity index is 1210. The molecule has 0 saturated heterocycles. The molecule has 0 aliphatic rings. The van der Waals surface area contributed by atoms with E-state index in [1.165, 1.54) is 19.1 Å². The van der Waals surface area contributed by atoms with E-state index in [4.69, 9.17) is 4.74 Å². The first kappa shape index (κ1) is 29.6. The van der Waals surface area contributed by atoms with E-state index >= 15 is 0 Å². The third-order valence-electron chi connectivity index (χ3n) is 5.03. The van der Waals surface area contributed by atoms with Crippen LogP contribution >= 0.6 is 15.9 Å². The molecule has 0 aliphatic heterocycles. The first-order chi connectivity index (χ1) is 16.9. The first-order valence-electron chi connectivity index (χ1n) is 10.1. The van der Waals surface area contributed by atoms with Gasteiger partial charge in [-0.2, -0.15) is 4.72 Å². The third kappa shape index (κ3) is 6.19. The highest BCUT2D eigenvalue weighted by molar-refractivity contribution is 9.10. The summed E-state index contributed by atoms with van der Waals surface area (Å²) in [7, 11) is -4.99. The van der Waals surface area contributed by atoms with Gasteiger partial charge in [0, 0.05) is 16.1 Å². The fourth-order valence-corrected chi connectivity index (χ4v) is 5.00. The van der Waals surface area contributed by atoms with Crippen molar-refractivity contribution in [2.75, 3.05) is 33.2 Å². The van der Waals surface area contributed by atoms with Crippen LogP contribution in [0.5, 0.6) is 0 Å². The van der Waals surface area contributed by atoms with E-state index in [0.29, 0.717) is 0 Å². The van der Waals surface area contributed by atoms with E-state index in [1.54, 1.807) is 0 Å². The summed E-state index contributed by atoms with van der Waals surface area (Å²) in [6.45, 7) is -5.54. The van der Waals surface area contributed by atoms with Crippen molar-refractivity contribution in [3.63, 3.8) is 0 Å². The number of benzene rings is 2. The second-order valence-corrected chi connectivity index (χ2v) is 10.0. The summed E-state index contributed by atoms with van der Waals surface area (Å²) in [4.78, 5) is 21.7.